The minimum absolute atomic E-state index is 0.405. The second-order valence-corrected chi connectivity index (χ2v) is 3.75. The molecule has 0 radical (unpaired) electrons. The van der Waals surface area contributed by atoms with Gasteiger partial charge in [0.15, 0.2) is 0 Å². The van der Waals surface area contributed by atoms with Crippen molar-refractivity contribution < 1.29 is 5.11 Å². The van der Waals surface area contributed by atoms with Crippen LogP contribution in [-0.2, 0) is 6.42 Å². The Kier molecular flexibility index (Phi) is 3.35. The maximum absolute atomic E-state index is 9.69. The van der Waals surface area contributed by atoms with Crippen molar-refractivity contribution in [1.29, 1.82) is 0 Å². The van der Waals surface area contributed by atoms with Gasteiger partial charge in [0.25, 0.3) is 0 Å². The van der Waals surface area contributed by atoms with Crippen LogP contribution < -0.4 is 0 Å². The maximum atomic E-state index is 9.69. The molecule has 0 saturated carbocycles. The number of benzene rings is 1. The summed E-state index contributed by atoms with van der Waals surface area (Å²) in [7, 11) is 0. The van der Waals surface area contributed by atoms with Gasteiger partial charge in [-0.25, -0.2) is 0 Å². The van der Waals surface area contributed by atoms with E-state index in [1.165, 1.54) is 5.56 Å². The lowest BCUT2D eigenvalue weighted by Crippen LogP contribution is -1.96. The van der Waals surface area contributed by atoms with E-state index in [9.17, 15) is 5.11 Å². The molecule has 1 heteroatoms. The van der Waals surface area contributed by atoms with Crippen LogP contribution in [0.5, 0.6) is 5.75 Å². The average molecular weight is 178 g/mol. The number of hydrogen-bond acceptors (Lipinski definition) is 1. The van der Waals surface area contributed by atoms with Gasteiger partial charge in [-0.15, -0.1) is 0 Å². The van der Waals surface area contributed by atoms with Gasteiger partial charge in [-0.05, 0) is 29.5 Å². The summed E-state index contributed by atoms with van der Waals surface area (Å²) in [5.74, 6) is 0.851. The van der Waals surface area contributed by atoms with E-state index in [2.05, 4.69) is 26.8 Å². The first-order valence-corrected chi connectivity index (χ1v) is 4.97. The molecule has 0 unspecified atom stereocenters. The largest absolute Gasteiger partial charge is 0.508 e. The summed E-state index contributed by atoms with van der Waals surface area (Å²) < 4.78 is 0. The van der Waals surface area contributed by atoms with E-state index < -0.39 is 0 Å². The van der Waals surface area contributed by atoms with Gasteiger partial charge in [0.1, 0.15) is 5.75 Å². The zero-order valence-electron chi connectivity index (χ0n) is 8.67. The van der Waals surface area contributed by atoms with Crippen LogP contribution in [0.4, 0.5) is 0 Å². The lowest BCUT2D eigenvalue weighted by molar-refractivity contribution is 0.463. The highest BCUT2D eigenvalue weighted by Gasteiger charge is 2.09. The number of rotatable bonds is 3. The Labute approximate surface area is 80.4 Å². The molecule has 72 valence electrons. The van der Waals surface area contributed by atoms with Crippen molar-refractivity contribution in [2.24, 2.45) is 0 Å². The average Bonchev–Trinajstić information content (AvgIpc) is 2.04. The molecular formula is C12H18O. The summed E-state index contributed by atoms with van der Waals surface area (Å²) in [6.07, 6.45) is 2.19. The molecule has 1 aromatic carbocycles. The van der Waals surface area contributed by atoms with Crippen molar-refractivity contribution in [1.82, 2.24) is 0 Å². The SMILES string of the molecule is CCCc1cccc(O)c1C(C)C. The Morgan fingerprint density at radius 3 is 2.54 bits per heavy atom. The predicted molar refractivity (Wildman–Crippen MR) is 56.2 cm³/mol. The van der Waals surface area contributed by atoms with E-state index in [0.717, 1.165) is 18.4 Å². The summed E-state index contributed by atoms with van der Waals surface area (Å²) in [6.45, 7) is 6.40. The summed E-state index contributed by atoms with van der Waals surface area (Å²) >= 11 is 0. The summed E-state index contributed by atoms with van der Waals surface area (Å²) in [4.78, 5) is 0. The number of aryl methyl sites for hydroxylation is 1. The van der Waals surface area contributed by atoms with Crippen LogP contribution in [0, 0.1) is 0 Å². The summed E-state index contributed by atoms with van der Waals surface area (Å²) in [6, 6.07) is 5.80. The molecular weight excluding hydrogens is 160 g/mol. The van der Waals surface area contributed by atoms with Crippen LogP contribution in [0.3, 0.4) is 0 Å². The molecule has 1 rings (SSSR count). The third-order valence-corrected chi connectivity index (χ3v) is 2.27. The fraction of sp³-hybridized carbons (Fsp3) is 0.500. The smallest absolute Gasteiger partial charge is 0.119 e. The lowest BCUT2D eigenvalue weighted by Gasteiger charge is -2.13. The van der Waals surface area contributed by atoms with Crippen molar-refractivity contribution in [2.45, 2.75) is 39.5 Å². The molecule has 0 spiro atoms. The van der Waals surface area contributed by atoms with Gasteiger partial charge in [-0.1, -0.05) is 39.3 Å². The molecule has 1 aromatic rings. The molecule has 0 bridgehead atoms. The summed E-state index contributed by atoms with van der Waals surface area (Å²) in [5.41, 5.74) is 2.40. The van der Waals surface area contributed by atoms with Gasteiger partial charge in [0.2, 0.25) is 0 Å². The lowest BCUT2D eigenvalue weighted by atomic mass is 9.94. The first-order valence-electron chi connectivity index (χ1n) is 4.97. The first-order chi connectivity index (χ1) is 6.16. The second-order valence-electron chi connectivity index (χ2n) is 3.75. The van der Waals surface area contributed by atoms with Crippen LogP contribution >= 0.6 is 0 Å². The van der Waals surface area contributed by atoms with Crippen molar-refractivity contribution in [3.63, 3.8) is 0 Å². The minimum atomic E-state index is 0.405. The molecule has 1 N–H and O–H groups in total. The molecule has 13 heavy (non-hydrogen) atoms. The molecule has 0 fully saturated rings. The Balaban J connectivity index is 3.10. The highest BCUT2D eigenvalue weighted by Crippen LogP contribution is 2.29. The second kappa shape index (κ2) is 4.31. The Bertz CT molecular complexity index is 276. The molecule has 0 atom stereocenters. The minimum Gasteiger partial charge on any atom is -0.508 e. The van der Waals surface area contributed by atoms with Gasteiger partial charge in [0.05, 0.1) is 0 Å². The van der Waals surface area contributed by atoms with Gasteiger partial charge in [0, 0.05) is 0 Å². The monoisotopic (exact) mass is 178 g/mol. The third kappa shape index (κ3) is 2.24. The number of phenols is 1. The van der Waals surface area contributed by atoms with E-state index in [0.29, 0.717) is 11.7 Å². The topological polar surface area (TPSA) is 20.2 Å². The zero-order valence-corrected chi connectivity index (χ0v) is 8.67. The van der Waals surface area contributed by atoms with E-state index in [-0.39, 0.29) is 0 Å². The van der Waals surface area contributed by atoms with Crippen LogP contribution in [0.1, 0.15) is 44.2 Å². The number of hydrogen-bond donors (Lipinski definition) is 1. The highest BCUT2D eigenvalue weighted by atomic mass is 16.3. The van der Waals surface area contributed by atoms with E-state index in [1.807, 2.05) is 6.07 Å². The predicted octanol–water partition coefficient (Wildman–Crippen LogP) is 3.47. The van der Waals surface area contributed by atoms with Crippen LogP contribution in [-0.4, -0.2) is 5.11 Å². The molecule has 0 saturated heterocycles. The highest BCUT2D eigenvalue weighted by molar-refractivity contribution is 5.41. The number of phenolic OH excluding ortho intramolecular Hbond substituents is 1. The number of aromatic hydroxyl groups is 1. The molecule has 0 aliphatic rings. The standard InChI is InChI=1S/C12H18O/c1-4-6-10-7-5-8-11(13)12(10)9(2)3/h5,7-9,13H,4,6H2,1-3H3. The van der Waals surface area contributed by atoms with Gasteiger partial charge < -0.3 is 5.11 Å². The molecule has 1 nitrogen and oxygen atoms in total. The molecule has 0 aromatic heterocycles. The van der Waals surface area contributed by atoms with E-state index in [1.54, 1.807) is 6.07 Å². The van der Waals surface area contributed by atoms with Crippen LogP contribution in [0.15, 0.2) is 18.2 Å². The van der Waals surface area contributed by atoms with Crippen molar-refractivity contribution in [3.05, 3.63) is 29.3 Å². The Morgan fingerprint density at radius 2 is 2.00 bits per heavy atom. The fourth-order valence-corrected chi connectivity index (χ4v) is 1.75. The van der Waals surface area contributed by atoms with Crippen LogP contribution in [0.2, 0.25) is 0 Å². The molecule has 0 heterocycles. The molecule has 0 amide bonds. The van der Waals surface area contributed by atoms with E-state index in [4.69, 9.17) is 0 Å². The molecule has 0 aliphatic carbocycles. The Hall–Kier alpha value is -0.980. The first kappa shape index (κ1) is 10.1. The van der Waals surface area contributed by atoms with Gasteiger partial charge in [-0.2, -0.15) is 0 Å². The van der Waals surface area contributed by atoms with Crippen molar-refractivity contribution in [2.75, 3.05) is 0 Å². The normalized spacial score (nSPS) is 10.8. The maximum Gasteiger partial charge on any atom is 0.119 e. The summed E-state index contributed by atoms with van der Waals surface area (Å²) in [5, 5.41) is 9.69. The van der Waals surface area contributed by atoms with Crippen molar-refractivity contribution in [3.8, 4) is 5.75 Å². The Morgan fingerprint density at radius 1 is 1.31 bits per heavy atom. The van der Waals surface area contributed by atoms with Crippen molar-refractivity contribution >= 4 is 0 Å². The van der Waals surface area contributed by atoms with Crippen LogP contribution in [0.25, 0.3) is 0 Å². The van der Waals surface area contributed by atoms with Gasteiger partial charge >= 0.3 is 0 Å². The zero-order chi connectivity index (χ0) is 9.84. The quantitative estimate of drug-likeness (QED) is 0.751. The van der Waals surface area contributed by atoms with Gasteiger partial charge in [-0.3, -0.25) is 0 Å². The fourth-order valence-electron chi connectivity index (χ4n) is 1.75. The third-order valence-electron chi connectivity index (χ3n) is 2.27. The van der Waals surface area contributed by atoms with E-state index >= 15 is 0 Å². The molecule has 0 aliphatic heterocycles.